The quantitative estimate of drug-likeness (QED) is 0.618. The van der Waals surface area contributed by atoms with Crippen LogP contribution in [0.2, 0.25) is 0 Å². The fourth-order valence-electron chi connectivity index (χ4n) is 2.80. The van der Waals surface area contributed by atoms with Crippen molar-refractivity contribution in [3.8, 4) is 5.75 Å². The third kappa shape index (κ3) is 4.37. The third-order valence-electron chi connectivity index (χ3n) is 4.41. The highest BCUT2D eigenvalue weighted by Gasteiger charge is 2.20. The van der Waals surface area contributed by atoms with Crippen molar-refractivity contribution in [1.82, 2.24) is 5.32 Å². The molecular formula is C22H23NO4. The summed E-state index contributed by atoms with van der Waals surface area (Å²) in [6, 6.07) is 16.2. The molecule has 0 saturated carbocycles. The lowest BCUT2D eigenvalue weighted by Crippen LogP contribution is -2.37. The number of para-hydroxylation sites is 1. The number of carbonyl (C=O) groups is 2. The minimum absolute atomic E-state index is 0.0759. The molecule has 1 heterocycles. The molecule has 3 rings (SSSR count). The van der Waals surface area contributed by atoms with E-state index in [1.165, 1.54) is 0 Å². The molecule has 5 nitrogen and oxygen atoms in total. The molecule has 5 heteroatoms. The van der Waals surface area contributed by atoms with Crippen LogP contribution >= 0.6 is 0 Å². The summed E-state index contributed by atoms with van der Waals surface area (Å²) in [7, 11) is 0. The Labute approximate surface area is 158 Å². The Hall–Kier alpha value is -3.08. The zero-order valence-electron chi connectivity index (χ0n) is 15.7. The van der Waals surface area contributed by atoms with E-state index in [-0.39, 0.29) is 17.7 Å². The highest BCUT2D eigenvalue weighted by atomic mass is 16.5. The summed E-state index contributed by atoms with van der Waals surface area (Å²) in [4.78, 5) is 24.1. The van der Waals surface area contributed by atoms with E-state index in [1.807, 2.05) is 44.2 Å². The third-order valence-corrected chi connectivity index (χ3v) is 4.41. The number of Topliss-reactive ketones (excluding diaryl/α,β-unsaturated/α-hetero) is 1. The molecular weight excluding hydrogens is 342 g/mol. The molecule has 0 radical (unpaired) electrons. The Kier molecular flexibility index (Phi) is 5.60. The van der Waals surface area contributed by atoms with Gasteiger partial charge in [0.1, 0.15) is 17.1 Å². The van der Waals surface area contributed by atoms with Gasteiger partial charge in [-0.05, 0) is 50.2 Å². The second kappa shape index (κ2) is 8.08. The molecule has 0 spiro atoms. The Balaban J connectivity index is 1.60. The standard InChI is InChI=1S/C22H23NO4/c1-4-19(24)16-9-11-18(12-10-16)26-15(3)22(25)23-14(2)21-13-17-7-5-6-8-20(17)27-21/h5-15H,4H2,1-3H3,(H,23,25). The number of rotatable bonds is 7. The van der Waals surface area contributed by atoms with Gasteiger partial charge in [0.05, 0.1) is 6.04 Å². The van der Waals surface area contributed by atoms with Crippen LogP contribution in [-0.4, -0.2) is 17.8 Å². The van der Waals surface area contributed by atoms with Crippen LogP contribution in [0.15, 0.2) is 59.0 Å². The molecule has 140 valence electrons. The molecule has 0 fully saturated rings. The molecule has 0 aliphatic rings. The molecule has 2 unspecified atom stereocenters. The largest absolute Gasteiger partial charge is 0.481 e. The Bertz CT molecular complexity index is 909. The summed E-state index contributed by atoms with van der Waals surface area (Å²) in [6.07, 6.45) is -0.219. The number of carbonyl (C=O) groups excluding carboxylic acids is 2. The Morgan fingerprint density at radius 2 is 1.78 bits per heavy atom. The zero-order valence-corrected chi connectivity index (χ0v) is 15.7. The molecule has 3 aromatic rings. The van der Waals surface area contributed by atoms with Crippen LogP contribution < -0.4 is 10.1 Å². The molecule has 1 amide bonds. The second-order valence-electron chi connectivity index (χ2n) is 6.48. The van der Waals surface area contributed by atoms with Gasteiger partial charge in [0, 0.05) is 17.4 Å². The maximum absolute atomic E-state index is 12.4. The predicted octanol–water partition coefficient (Wildman–Crippen LogP) is 4.67. The molecule has 0 saturated heterocycles. The minimum atomic E-state index is -0.676. The smallest absolute Gasteiger partial charge is 0.261 e. The van der Waals surface area contributed by atoms with E-state index < -0.39 is 6.10 Å². The summed E-state index contributed by atoms with van der Waals surface area (Å²) >= 11 is 0. The molecule has 27 heavy (non-hydrogen) atoms. The lowest BCUT2D eigenvalue weighted by molar-refractivity contribution is -0.128. The van der Waals surface area contributed by atoms with Gasteiger partial charge >= 0.3 is 0 Å². The molecule has 0 aliphatic carbocycles. The Morgan fingerprint density at radius 3 is 2.44 bits per heavy atom. The van der Waals surface area contributed by atoms with E-state index in [1.54, 1.807) is 31.2 Å². The van der Waals surface area contributed by atoms with E-state index in [4.69, 9.17) is 9.15 Å². The van der Waals surface area contributed by atoms with E-state index in [0.717, 1.165) is 11.0 Å². The maximum atomic E-state index is 12.4. The van der Waals surface area contributed by atoms with Crippen LogP contribution in [0.4, 0.5) is 0 Å². The van der Waals surface area contributed by atoms with Gasteiger partial charge in [-0.3, -0.25) is 9.59 Å². The van der Waals surface area contributed by atoms with Gasteiger partial charge < -0.3 is 14.5 Å². The highest BCUT2D eigenvalue weighted by molar-refractivity contribution is 5.95. The topological polar surface area (TPSA) is 68.5 Å². The fraction of sp³-hybridized carbons (Fsp3) is 0.273. The first-order valence-corrected chi connectivity index (χ1v) is 9.06. The average Bonchev–Trinajstić information content (AvgIpc) is 3.12. The van der Waals surface area contributed by atoms with Crippen LogP contribution in [-0.2, 0) is 4.79 Å². The van der Waals surface area contributed by atoms with E-state index in [0.29, 0.717) is 23.5 Å². The van der Waals surface area contributed by atoms with Crippen molar-refractivity contribution in [2.45, 2.75) is 39.3 Å². The Morgan fingerprint density at radius 1 is 1.07 bits per heavy atom. The number of furan rings is 1. The summed E-state index contributed by atoms with van der Waals surface area (Å²) in [5.41, 5.74) is 1.43. The molecule has 1 N–H and O–H groups in total. The number of ketones is 1. The van der Waals surface area contributed by atoms with Crippen LogP contribution in [0.5, 0.6) is 5.75 Å². The number of nitrogens with one attached hydrogen (secondary N) is 1. The molecule has 0 aliphatic heterocycles. The number of hydrogen-bond acceptors (Lipinski definition) is 4. The highest BCUT2D eigenvalue weighted by Crippen LogP contribution is 2.23. The van der Waals surface area contributed by atoms with E-state index >= 15 is 0 Å². The zero-order chi connectivity index (χ0) is 19.4. The van der Waals surface area contributed by atoms with Crippen LogP contribution in [0.3, 0.4) is 0 Å². The number of amides is 1. The van der Waals surface area contributed by atoms with Crippen LogP contribution in [0, 0.1) is 0 Å². The molecule has 2 aromatic carbocycles. The van der Waals surface area contributed by atoms with E-state index in [2.05, 4.69) is 5.32 Å². The number of fused-ring (bicyclic) bond motifs is 1. The van der Waals surface area contributed by atoms with Crippen molar-refractivity contribution < 1.29 is 18.7 Å². The lowest BCUT2D eigenvalue weighted by atomic mass is 10.1. The number of hydrogen-bond donors (Lipinski definition) is 1. The van der Waals surface area contributed by atoms with Gasteiger partial charge in [-0.25, -0.2) is 0 Å². The van der Waals surface area contributed by atoms with Crippen LogP contribution in [0.1, 0.15) is 49.4 Å². The van der Waals surface area contributed by atoms with Gasteiger partial charge in [-0.1, -0.05) is 25.1 Å². The summed E-state index contributed by atoms with van der Waals surface area (Å²) < 4.78 is 11.5. The van der Waals surface area contributed by atoms with E-state index in [9.17, 15) is 9.59 Å². The monoisotopic (exact) mass is 365 g/mol. The molecule has 2 atom stereocenters. The number of benzene rings is 2. The summed E-state index contributed by atoms with van der Waals surface area (Å²) in [5, 5.41) is 3.90. The molecule has 0 bridgehead atoms. The minimum Gasteiger partial charge on any atom is -0.481 e. The second-order valence-corrected chi connectivity index (χ2v) is 6.48. The van der Waals surface area contributed by atoms with Gasteiger partial charge in [-0.2, -0.15) is 0 Å². The lowest BCUT2D eigenvalue weighted by Gasteiger charge is -2.17. The van der Waals surface area contributed by atoms with Gasteiger partial charge in [-0.15, -0.1) is 0 Å². The summed E-state index contributed by atoms with van der Waals surface area (Å²) in [6.45, 7) is 5.38. The van der Waals surface area contributed by atoms with Crippen molar-refractivity contribution in [3.63, 3.8) is 0 Å². The van der Waals surface area contributed by atoms with Crippen molar-refractivity contribution in [3.05, 3.63) is 65.9 Å². The van der Waals surface area contributed by atoms with Gasteiger partial charge in [0.25, 0.3) is 5.91 Å². The van der Waals surface area contributed by atoms with Crippen molar-refractivity contribution >= 4 is 22.7 Å². The normalized spacial score (nSPS) is 13.1. The summed E-state index contributed by atoms with van der Waals surface area (Å²) in [5.74, 6) is 1.07. The fourth-order valence-corrected chi connectivity index (χ4v) is 2.80. The van der Waals surface area contributed by atoms with Gasteiger partial charge in [0.2, 0.25) is 0 Å². The first kappa shape index (κ1) is 18.7. The first-order valence-electron chi connectivity index (χ1n) is 9.06. The first-order chi connectivity index (χ1) is 13.0. The van der Waals surface area contributed by atoms with Crippen molar-refractivity contribution in [2.75, 3.05) is 0 Å². The average molecular weight is 365 g/mol. The van der Waals surface area contributed by atoms with Crippen molar-refractivity contribution in [1.29, 1.82) is 0 Å². The SMILES string of the molecule is CCC(=O)c1ccc(OC(C)C(=O)NC(C)c2cc3ccccc3o2)cc1. The van der Waals surface area contributed by atoms with Crippen molar-refractivity contribution in [2.24, 2.45) is 0 Å². The molecule has 1 aromatic heterocycles. The predicted molar refractivity (Wildman–Crippen MR) is 104 cm³/mol. The number of ether oxygens (including phenoxy) is 1. The van der Waals surface area contributed by atoms with Crippen LogP contribution in [0.25, 0.3) is 11.0 Å². The maximum Gasteiger partial charge on any atom is 0.261 e. The van der Waals surface area contributed by atoms with Gasteiger partial charge in [0.15, 0.2) is 11.9 Å².